The Bertz CT molecular complexity index is 463. The summed E-state index contributed by atoms with van der Waals surface area (Å²) in [7, 11) is 4.27. The molecule has 2 nitrogen and oxygen atoms in total. The Morgan fingerprint density at radius 1 is 1.25 bits per heavy atom. The van der Waals surface area contributed by atoms with E-state index in [2.05, 4.69) is 50.7 Å². The van der Waals surface area contributed by atoms with Gasteiger partial charge in [-0.2, -0.15) is 0 Å². The molecule has 0 saturated carbocycles. The third kappa shape index (κ3) is 3.80. The fourth-order valence-corrected chi connectivity index (χ4v) is 2.81. The van der Waals surface area contributed by atoms with Crippen molar-refractivity contribution in [1.29, 1.82) is 0 Å². The second kappa shape index (κ2) is 5.82. The van der Waals surface area contributed by atoms with Gasteiger partial charge < -0.3 is 4.90 Å². The van der Waals surface area contributed by atoms with Crippen molar-refractivity contribution >= 4 is 0 Å². The minimum atomic E-state index is -0.115. The summed E-state index contributed by atoms with van der Waals surface area (Å²) in [6.07, 6.45) is 1.20. The van der Waals surface area contributed by atoms with Gasteiger partial charge in [0.2, 0.25) is 0 Å². The minimum Gasteiger partial charge on any atom is -0.305 e. The highest BCUT2D eigenvalue weighted by Gasteiger charge is 2.24. The Hall–Kier alpha value is -0.930. The molecule has 1 aromatic carbocycles. The fraction of sp³-hybridized carbons (Fsp3) is 0.647. The summed E-state index contributed by atoms with van der Waals surface area (Å²) in [6.45, 7) is 9.42. The highest BCUT2D eigenvalue weighted by molar-refractivity contribution is 5.29. The van der Waals surface area contributed by atoms with E-state index in [1.165, 1.54) is 6.42 Å². The van der Waals surface area contributed by atoms with E-state index in [4.69, 9.17) is 0 Å². The summed E-state index contributed by atoms with van der Waals surface area (Å²) in [4.78, 5) is 4.71. The van der Waals surface area contributed by atoms with Crippen LogP contribution in [0.5, 0.6) is 0 Å². The van der Waals surface area contributed by atoms with Gasteiger partial charge in [0.25, 0.3) is 0 Å². The molecule has 2 rings (SSSR count). The lowest BCUT2D eigenvalue weighted by Gasteiger charge is -2.23. The lowest BCUT2D eigenvalue weighted by atomic mass is 9.86. The number of benzene rings is 1. The van der Waals surface area contributed by atoms with Crippen LogP contribution in [0.3, 0.4) is 0 Å². The lowest BCUT2D eigenvalue weighted by molar-refractivity contribution is 0.264. The molecule has 1 atom stereocenters. The SMILES string of the molecule is CN(C)[C@H]1CCN(Cc2cc(F)cc(C(C)(C)C)c2)C1. The topological polar surface area (TPSA) is 6.48 Å². The van der Waals surface area contributed by atoms with Crippen molar-refractivity contribution in [2.24, 2.45) is 0 Å². The molecule has 20 heavy (non-hydrogen) atoms. The molecule has 0 radical (unpaired) electrons. The average Bonchev–Trinajstić information content (AvgIpc) is 2.75. The van der Waals surface area contributed by atoms with E-state index in [0.29, 0.717) is 6.04 Å². The smallest absolute Gasteiger partial charge is 0.123 e. The van der Waals surface area contributed by atoms with Crippen LogP contribution in [-0.4, -0.2) is 43.0 Å². The molecule has 1 heterocycles. The molecule has 0 aliphatic carbocycles. The van der Waals surface area contributed by atoms with E-state index in [1.807, 2.05) is 0 Å². The van der Waals surface area contributed by atoms with Crippen molar-refractivity contribution in [3.05, 3.63) is 35.1 Å². The van der Waals surface area contributed by atoms with Crippen LogP contribution in [0.2, 0.25) is 0 Å². The van der Waals surface area contributed by atoms with E-state index < -0.39 is 0 Å². The maximum Gasteiger partial charge on any atom is 0.123 e. The van der Waals surface area contributed by atoms with Gasteiger partial charge >= 0.3 is 0 Å². The third-order valence-electron chi connectivity index (χ3n) is 4.21. The number of rotatable bonds is 3. The maximum absolute atomic E-state index is 13.8. The highest BCUT2D eigenvalue weighted by Crippen LogP contribution is 2.25. The predicted molar refractivity (Wildman–Crippen MR) is 82.5 cm³/mol. The van der Waals surface area contributed by atoms with Crippen LogP contribution in [0.1, 0.15) is 38.3 Å². The van der Waals surface area contributed by atoms with E-state index in [0.717, 1.165) is 30.8 Å². The van der Waals surface area contributed by atoms with Crippen molar-refractivity contribution in [2.75, 3.05) is 27.2 Å². The van der Waals surface area contributed by atoms with Gasteiger partial charge in [-0.05, 0) is 49.2 Å². The molecular weight excluding hydrogens is 251 g/mol. The van der Waals surface area contributed by atoms with Gasteiger partial charge in [0.15, 0.2) is 0 Å². The van der Waals surface area contributed by atoms with Crippen molar-refractivity contribution in [3.63, 3.8) is 0 Å². The number of nitrogens with zero attached hydrogens (tertiary/aromatic N) is 2. The number of halogens is 1. The molecule has 0 unspecified atom stereocenters. The largest absolute Gasteiger partial charge is 0.305 e. The molecule has 0 bridgehead atoms. The van der Waals surface area contributed by atoms with Crippen LogP contribution in [0.4, 0.5) is 4.39 Å². The second-order valence-corrected chi connectivity index (χ2v) is 7.24. The summed E-state index contributed by atoms with van der Waals surface area (Å²) >= 11 is 0. The summed E-state index contributed by atoms with van der Waals surface area (Å²) in [5.74, 6) is -0.115. The molecule has 1 saturated heterocycles. The predicted octanol–water partition coefficient (Wildman–Crippen LogP) is 3.26. The van der Waals surface area contributed by atoms with Crippen molar-refractivity contribution in [3.8, 4) is 0 Å². The third-order valence-corrected chi connectivity index (χ3v) is 4.21. The zero-order chi connectivity index (χ0) is 14.9. The number of hydrogen-bond acceptors (Lipinski definition) is 2. The molecule has 0 aromatic heterocycles. The Morgan fingerprint density at radius 3 is 2.50 bits per heavy atom. The molecule has 1 aliphatic rings. The van der Waals surface area contributed by atoms with Gasteiger partial charge in [0.05, 0.1) is 0 Å². The Kier molecular flexibility index (Phi) is 4.50. The first-order valence-corrected chi connectivity index (χ1v) is 7.44. The van der Waals surface area contributed by atoms with Crippen LogP contribution >= 0.6 is 0 Å². The standard InChI is InChI=1S/C17H27FN2/c1-17(2,3)14-8-13(9-15(18)10-14)11-20-7-6-16(12-20)19(4)5/h8-10,16H,6-7,11-12H2,1-5H3/t16-/m0/s1. The van der Waals surface area contributed by atoms with Crippen molar-refractivity contribution in [1.82, 2.24) is 9.80 Å². The highest BCUT2D eigenvalue weighted by atomic mass is 19.1. The van der Waals surface area contributed by atoms with Crippen LogP contribution in [-0.2, 0) is 12.0 Å². The van der Waals surface area contributed by atoms with E-state index in [1.54, 1.807) is 12.1 Å². The first-order valence-electron chi connectivity index (χ1n) is 7.44. The molecule has 0 spiro atoms. The van der Waals surface area contributed by atoms with Crippen LogP contribution in [0, 0.1) is 5.82 Å². The summed E-state index contributed by atoms with van der Waals surface area (Å²) < 4.78 is 13.8. The van der Waals surface area contributed by atoms with Crippen molar-refractivity contribution < 1.29 is 4.39 Å². The first-order chi connectivity index (χ1) is 9.25. The van der Waals surface area contributed by atoms with Gasteiger partial charge in [-0.15, -0.1) is 0 Å². The Balaban J connectivity index is 2.09. The summed E-state index contributed by atoms with van der Waals surface area (Å²) in [6, 6.07) is 6.13. The summed E-state index contributed by atoms with van der Waals surface area (Å²) in [5.41, 5.74) is 2.17. The monoisotopic (exact) mass is 278 g/mol. The molecule has 1 aromatic rings. The van der Waals surface area contributed by atoms with Gasteiger partial charge in [0.1, 0.15) is 5.82 Å². The van der Waals surface area contributed by atoms with Crippen LogP contribution < -0.4 is 0 Å². The van der Waals surface area contributed by atoms with E-state index >= 15 is 0 Å². The zero-order valence-electron chi connectivity index (χ0n) is 13.4. The van der Waals surface area contributed by atoms with Gasteiger partial charge in [0, 0.05) is 25.7 Å². The molecule has 3 heteroatoms. The molecule has 112 valence electrons. The Labute approximate surface area is 122 Å². The molecular formula is C17H27FN2. The van der Waals surface area contributed by atoms with Crippen molar-refractivity contribution in [2.45, 2.75) is 45.2 Å². The second-order valence-electron chi connectivity index (χ2n) is 7.24. The lowest BCUT2D eigenvalue weighted by Crippen LogP contribution is -2.31. The van der Waals surface area contributed by atoms with Gasteiger partial charge in [-0.25, -0.2) is 4.39 Å². The fourth-order valence-electron chi connectivity index (χ4n) is 2.81. The number of hydrogen-bond donors (Lipinski definition) is 0. The first kappa shape index (κ1) is 15.5. The summed E-state index contributed by atoms with van der Waals surface area (Å²) in [5, 5.41) is 0. The minimum absolute atomic E-state index is 0.00592. The van der Waals surface area contributed by atoms with E-state index in [9.17, 15) is 4.39 Å². The van der Waals surface area contributed by atoms with E-state index in [-0.39, 0.29) is 11.2 Å². The molecule has 0 amide bonds. The normalized spacial score (nSPS) is 20.9. The average molecular weight is 278 g/mol. The van der Waals surface area contributed by atoms with Crippen LogP contribution in [0.15, 0.2) is 18.2 Å². The molecule has 1 fully saturated rings. The van der Waals surface area contributed by atoms with Gasteiger partial charge in [-0.1, -0.05) is 26.8 Å². The van der Waals surface area contributed by atoms with Crippen LogP contribution in [0.25, 0.3) is 0 Å². The zero-order valence-corrected chi connectivity index (χ0v) is 13.4. The maximum atomic E-state index is 13.8. The molecule has 1 aliphatic heterocycles. The van der Waals surface area contributed by atoms with Gasteiger partial charge in [-0.3, -0.25) is 4.90 Å². The number of likely N-dealkylation sites (N-methyl/N-ethyl adjacent to an activating group) is 1. The quantitative estimate of drug-likeness (QED) is 0.837. The Morgan fingerprint density at radius 2 is 1.95 bits per heavy atom. The molecule has 0 N–H and O–H groups in total. The number of likely N-dealkylation sites (tertiary alicyclic amines) is 1.